The fraction of sp³-hybridized carbons (Fsp3) is 0.286. The van der Waals surface area contributed by atoms with Crippen molar-refractivity contribution in [2.75, 3.05) is 13.7 Å². The van der Waals surface area contributed by atoms with Crippen molar-refractivity contribution in [1.29, 1.82) is 0 Å². The quantitative estimate of drug-likeness (QED) is 0.774. The number of aromatic nitrogens is 3. The zero-order chi connectivity index (χ0) is 13.8. The molecule has 0 amide bonds. The van der Waals surface area contributed by atoms with Crippen LogP contribution in [0.5, 0.6) is 5.88 Å². The van der Waals surface area contributed by atoms with Crippen molar-refractivity contribution in [3.63, 3.8) is 0 Å². The van der Waals surface area contributed by atoms with E-state index in [4.69, 9.17) is 9.47 Å². The highest BCUT2D eigenvalue weighted by atomic mass is 16.5. The molecule has 0 unspecified atom stereocenters. The second-order valence-electron chi connectivity index (χ2n) is 3.99. The van der Waals surface area contributed by atoms with E-state index in [1.54, 1.807) is 19.6 Å². The van der Waals surface area contributed by atoms with Crippen molar-refractivity contribution in [2.45, 2.75) is 13.8 Å². The third-order valence-corrected chi connectivity index (χ3v) is 2.67. The molecule has 5 heteroatoms. The maximum absolute atomic E-state index is 5.48. The van der Waals surface area contributed by atoms with Crippen molar-refractivity contribution >= 4 is 5.76 Å². The fourth-order valence-corrected chi connectivity index (χ4v) is 1.85. The number of rotatable bonds is 5. The third-order valence-electron chi connectivity index (χ3n) is 2.67. The summed E-state index contributed by atoms with van der Waals surface area (Å²) in [6, 6.07) is 1.85. The van der Waals surface area contributed by atoms with Gasteiger partial charge in [0.2, 0.25) is 5.88 Å². The number of hydrogen-bond acceptors (Lipinski definition) is 4. The van der Waals surface area contributed by atoms with Crippen LogP contribution in [0.2, 0.25) is 0 Å². The maximum atomic E-state index is 5.48. The van der Waals surface area contributed by atoms with Crippen molar-refractivity contribution in [3.8, 4) is 11.6 Å². The van der Waals surface area contributed by atoms with Gasteiger partial charge in [-0.2, -0.15) is 0 Å². The van der Waals surface area contributed by atoms with E-state index in [9.17, 15) is 0 Å². The van der Waals surface area contributed by atoms with E-state index in [1.165, 1.54) is 0 Å². The fourth-order valence-electron chi connectivity index (χ4n) is 1.85. The zero-order valence-electron chi connectivity index (χ0n) is 11.4. The summed E-state index contributed by atoms with van der Waals surface area (Å²) in [5.74, 6) is 1.10. The number of hydrogen-bond donors (Lipinski definition) is 0. The first kappa shape index (κ1) is 13.1. The van der Waals surface area contributed by atoms with Crippen molar-refractivity contribution in [2.24, 2.45) is 0 Å². The largest absolute Gasteiger partial charge is 0.494 e. The van der Waals surface area contributed by atoms with Crippen molar-refractivity contribution in [3.05, 3.63) is 42.6 Å². The summed E-state index contributed by atoms with van der Waals surface area (Å²) in [4.78, 5) is 8.44. The number of pyridine rings is 1. The highest BCUT2D eigenvalue weighted by molar-refractivity contribution is 5.69. The Hall–Kier alpha value is -2.30. The minimum Gasteiger partial charge on any atom is -0.494 e. The molecule has 2 aromatic heterocycles. The van der Waals surface area contributed by atoms with Crippen LogP contribution in [0.4, 0.5) is 0 Å². The first-order valence-electron chi connectivity index (χ1n) is 6.03. The van der Waals surface area contributed by atoms with Gasteiger partial charge in [-0.1, -0.05) is 6.58 Å². The summed E-state index contributed by atoms with van der Waals surface area (Å²) in [5, 5.41) is 0. The summed E-state index contributed by atoms with van der Waals surface area (Å²) in [7, 11) is 1.59. The Labute approximate surface area is 112 Å². The van der Waals surface area contributed by atoms with Crippen molar-refractivity contribution in [1.82, 2.24) is 14.5 Å². The van der Waals surface area contributed by atoms with Crippen LogP contribution in [0.15, 0.2) is 31.4 Å². The molecule has 19 heavy (non-hydrogen) atoms. The Morgan fingerprint density at radius 1 is 1.42 bits per heavy atom. The molecular formula is C14H17N3O2. The molecule has 2 aromatic rings. The molecular weight excluding hydrogens is 242 g/mol. The summed E-state index contributed by atoms with van der Waals surface area (Å²) in [5.41, 5.74) is 2.54. The van der Waals surface area contributed by atoms with Crippen LogP contribution in [-0.2, 0) is 4.74 Å². The van der Waals surface area contributed by atoms with Gasteiger partial charge in [0.1, 0.15) is 11.4 Å². The molecule has 0 atom stereocenters. The van der Waals surface area contributed by atoms with E-state index in [0.717, 1.165) is 16.9 Å². The van der Waals surface area contributed by atoms with Crippen molar-refractivity contribution < 1.29 is 9.47 Å². The first-order chi connectivity index (χ1) is 9.17. The summed E-state index contributed by atoms with van der Waals surface area (Å²) in [6.07, 6.45) is 5.30. The molecule has 0 saturated carbocycles. The molecule has 0 N–H and O–H groups in total. The molecule has 0 bridgehead atoms. The molecule has 0 aliphatic rings. The van der Waals surface area contributed by atoms with Crippen LogP contribution in [0.3, 0.4) is 0 Å². The third kappa shape index (κ3) is 2.59. The van der Waals surface area contributed by atoms with Gasteiger partial charge in [0, 0.05) is 18.0 Å². The summed E-state index contributed by atoms with van der Waals surface area (Å²) in [6.45, 7) is 8.35. The van der Waals surface area contributed by atoms with Crippen LogP contribution < -0.4 is 4.74 Å². The molecule has 0 saturated heterocycles. The Morgan fingerprint density at radius 2 is 2.21 bits per heavy atom. The molecule has 0 aliphatic carbocycles. The van der Waals surface area contributed by atoms with Gasteiger partial charge in [-0.3, -0.25) is 0 Å². The standard InChI is InChI=1S/C14H17N3O2/c1-5-19-11(3)12-6-7-15-14(18-4)13(12)17-8-10(2)16-9-17/h6-9H,3,5H2,1-2,4H3. The molecule has 0 aromatic carbocycles. The number of nitrogens with zero attached hydrogens (tertiary/aromatic N) is 3. The lowest BCUT2D eigenvalue weighted by molar-refractivity contribution is 0.298. The minimum absolute atomic E-state index is 0.510. The van der Waals surface area contributed by atoms with Gasteiger partial charge < -0.3 is 14.0 Å². The monoisotopic (exact) mass is 259 g/mol. The predicted octanol–water partition coefficient (Wildman–Crippen LogP) is 2.59. The normalized spacial score (nSPS) is 10.3. The highest BCUT2D eigenvalue weighted by Crippen LogP contribution is 2.29. The Balaban J connectivity index is 2.58. The lowest BCUT2D eigenvalue weighted by Crippen LogP contribution is -2.03. The van der Waals surface area contributed by atoms with E-state index in [1.807, 2.05) is 30.7 Å². The Bertz CT molecular complexity index is 590. The van der Waals surface area contributed by atoms with Gasteiger partial charge in [-0.05, 0) is 19.9 Å². The number of aryl methyl sites for hydroxylation is 1. The van der Waals surface area contributed by atoms with Gasteiger partial charge in [0.05, 0.1) is 25.7 Å². The molecule has 100 valence electrons. The number of ether oxygens (including phenoxy) is 2. The van der Waals surface area contributed by atoms with E-state index in [2.05, 4.69) is 16.5 Å². The second kappa shape index (κ2) is 5.56. The van der Waals surface area contributed by atoms with Crippen LogP contribution in [0.25, 0.3) is 11.4 Å². The Morgan fingerprint density at radius 3 is 2.79 bits per heavy atom. The molecule has 2 rings (SSSR count). The molecule has 0 spiro atoms. The molecule has 2 heterocycles. The summed E-state index contributed by atoms with van der Waals surface area (Å²) < 4.78 is 12.7. The van der Waals surface area contributed by atoms with Gasteiger partial charge in [-0.15, -0.1) is 0 Å². The lowest BCUT2D eigenvalue weighted by Gasteiger charge is -2.15. The minimum atomic E-state index is 0.510. The van der Waals surface area contributed by atoms with E-state index < -0.39 is 0 Å². The van der Waals surface area contributed by atoms with Crippen LogP contribution in [0, 0.1) is 6.92 Å². The average molecular weight is 259 g/mol. The molecule has 0 fully saturated rings. The van der Waals surface area contributed by atoms with Gasteiger partial charge in [-0.25, -0.2) is 9.97 Å². The molecule has 0 aliphatic heterocycles. The first-order valence-corrected chi connectivity index (χ1v) is 6.03. The van der Waals surface area contributed by atoms with Crippen LogP contribution in [0.1, 0.15) is 18.2 Å². The second-order valence-corrected chi connectivity index (χ2v) is 3.99. The van der Waals surface area contributed by atoms with Crippen LogP contribution >= 0.6 is 0 Å². The smallest absolute Gasteiger partial charge is 0.238 e. The van der Waals surface area contributed by atoms with Gasteiger partial charge in [0.15, 0.2) is 0 Å². The molecule has 5 nitrogen and oxygen atoms in total. The number of imidazole rings is 1. The van der Waals surface area contributed by atoms with Crippen LogP contribution in [-0.4, -0.2) is 28.3 Å². The van der Waals surface area contributed by atoms with Gasteiger partial charge in [0.25, 0.3) is 0 Å². The Kier molecular flexibility index (Phi) is 3.85. The van der Waals surface area contributed by atoms with E-state index in [-0.39, 0.29) is 0 Å². The molecule has 0 radical (unpaired) electrons. The maximum Gasteiger partial charge on any atom is 0.238 e. The zero-order valence-corrected chi connectivity index (χ0v) is 11.4. The highest BCUT2D eigenvalue weighted by Gasteiger charge is 2.15. The number of methoxy groups -OCH3 is 1. The lowest BCUT2D eigenvalue weighted by atomic mass is 10.2. The topological polar surface area (TPSA) is 49.2 Å². The van der Waals surface area contributed by atoms with Gasteiger partial charge >= 0.3 is 0 Å². The SMILES string of the molecule is C=C(OCC)c1ccnc(OC)c1-n1cnc(C)c1. The average Bonchev–Trinajstić information content (AvgIpc) is 2.84. The predicted molar refractivity (Wildman–Crippen MR) is 73.3 cm³/mol. The van der Waals surface area contributed by atoms with E-state index >= 15 is 0 Å². The summed E-state index contributed by atoms with van der Waals surface area (Å²) >= 11 is 0. The van der Waals surface area contributed by atoms with E-state index in [0.29, 0.717) is 18.2 Å².